The second kappa shape index (κ2) is 9.94. The molecule has 0 bridgehead atoms. The Morgan fingerprint density at radius 1 is 1.75 bits per heavy atom. The van der Waals surface area contributed by atoms with Gasteiger partial charge in [0.1, 0.15) is 0 Å². The predicted octanol–water partition coefficient (Wildman–Crippen LogP) is 0.962. The molecule has 1 atom stereocenters. The van der Waals surface area contributed by atoms with Crippen LogP contribution >= 0.6 is 0 Å². The fraction of sp³-hybridized carbons (Fsp3) is 0.500. The lowest BCUT2D eigenvalue weighted by Crippen LogP contribution is -1.91. The van der Waals surface area contributed by atoms with E-state index in [9.17, 15) is 4.21 Å². The minimum absolute atomic E-state index is 0.281. The van der Waals surface area contributed by atoms with Crippen LogP contribution in [0.2, 0.25) is 0 Å². The van der Waals surface area contributed by atoms with Crippen molar-refractivity contribution >= 4 is 11.4 Å². The third kappa shape index (κ3) is 17.0. The van der Waals surface area contributed by atoms with E-state index in [4.69, 9.17) is 4.55 Å². The topological polar surface area (TPSA) is 46.5 Å². The molecule has 0 aliphatic carbocycles. The van der Waals surface area contributed by atoms with E-state index in [1.807, 2.05) is 0 Å². The van der Waals surface area contributed by atoms with Crippen molar-refractivity contribution in [1.82, 2.24) is 0 Å². The van der Waals surface area contributed by atoms with E-state index in [0.717, 1.165) is 0 Å². The second-order valence-corrected chi connectivity index (χ2v) is 1.29. The molecule has 50 valence electrons. The van der Waals surface area contributed by atoms with Crippen molar-refractivity contribution in [3.8, 4) is 0 Å². The summed E-state index contributed by atoms with van der Waals surface area (Å²) >= 11 is -2.07. The van der Waals surface area contributed by atoms with Crippen LogP contribution in [0.4, 0.5) is 0 Å². The van der Waals surface area contributed by atoms with E-state index in [1.165, 1.54) is 0 Å². The lowest BCUT2D eigenvalue weighted by Gasteiger charge is -1.84. The molecular weight excluding hydrogens is 128 g/mol. The highest BCUT2D eigenvalue weighted by atomic mass is 32.2. The zero-order chi connectivity index (χ0) is 6.99. The fourth-order valence-electron chi connectivity index (χ4n) is 0.101. The van der Waals surface area contributed by atoms with Crippen LogP contribution in [0, 0.1) is 0 Å². The monoisotopic (exact) mass is 138 g/mol. The van der Waals surface area contributed by atoms with Crippen molar-refractivity contribution in [3.05, 3.63) is 13.2 Å². The summed E-state index contributed by atoms with van der Waals surface area (Å²) in [5.74, 6) is 0. The van der Waals surface area contributed by atoms with Gasteiger partial charge in [-0.05, 0) is 6.92 Å². The smallest absolute Gasteiger partial charge is 0.284 e. The van der Waals surface area contributed by atoms with Crippen LogP contribution in [0.15, 0.2) is 13.2 Å². The van der Waals surface area contributed by atoms with Crippen LogP contribution in [0.1, 0.15) is 6.92 Å². The lowest BCUT2D eigenvalue weighted by molar-refractivity contribution is 0.325. The molecule has 0 amide bonds. The van der Waals surface area contributed by atoms with Crippen LogP contribution in [0.25, 0.3) is 0 Å². The molecule has 1 N–H and O–H groups in total. The van der Waals surface area contributed by atoms with Gasteiger partial charge >= 0.3 is 11.4 Å². The Morgan fingerprint density at radius 3 is 2.12 bits per heavy atom. The van der Waals surface area contributed by atoms with Gasteiger partial charge in [0.2, 0.25) is 0 Å². The molecule has 0 spiro atoms. The molecule has 0 saturated carbocycles. The Balaban J connectivity index is 0. The highest BCUT2D eigenvalue weighted by Crippen LogP contribution is 1.72. The van der Waals surface area contributed by atoms with Gasteiger partial charge < -0.3 is 0 Å². The lowest BCUT2D eigenvalue weighted by atomic mass is 10.9. The van der Waals surface area contributed by atoms with Gasteiger partial charge in [-0.25, -0.2) is 0 Å². The van der Waals surface area contributed by atoms with Gasteiger partial charge in [0, 0.05) is 0 Å². The minimum atomic E-state index is -2.07. The van der Waals surface area contributed by atoms with E-state index in [2.05, 4.69) is 17.3 Å². The maximum absolute atomic E-state index is 9.49. The first kappa shape index (κ1) is 10.7. The van der Waals surface area contributed by atoms with Crippen LogP contribution in [0.5, 0.6) is 0 Å². The van der Waals surface area contributed by atoms with Crippen LogP contribution in [-0.2, 0) is 15.5 Å². The molecule has 0 aromatic carbocycles. The quantitative estimate of drug-likeness (QED) is 0.456. The maximum Gasteiger partial charge on any atom is 0.301 e. The normalized spacial score (nSPS) is 11.2. The molecule has 0 saturated heterocycles. The molecule has 0 radical (unpaired) electrons. The molecule has 0 aliphatic heterocycles. The summed E-state index contributed by atoms with van der Waals surface area (Å²) in [5, 5.41) is 0. The minimum Gasteiger partial charge on any atom is -0.284 e. The second-order valence-electron chi connectivity index (χ2n) is 0.624. The number of hydrogen-bond donors (Lipinski definition) is 1. The Kier molecular flexibility index (Phi) is 13.3. The Bertz CT molecular complexity index is 64.3. The zero-order valence-electron chi connectivity index (χ0n) is 4.79. The zero-order valence-corrected chi connectivity index (χ0v) is 5.61. The van der Waals surface area contributed by atoms with Crippen molar-refractivity contribution in [2.24, 2.45) is 0 Å². The molecule has 4 heteroatoms. The fourth-order valence-corrected chi connectivity index (χ4v) is 0.302. The summed E-state index contributed by atoms with van der Waals surface area (Å²) in [6.45, 7) is 7.93. The highest BCUT2D eigenvalue weighted by Gasteiger charge is 1.82. The van der Waals surface area contributed by atoms with E-state index in [1.54, 1.807) is 6.92 Å². The van der Waals surface area contributed by atoms with Crippen molar-refractivity contribution < 1.29 is 12.9 Å². The third-order valence-corrected chi connectivity index (χ3v) is 0.656. The van der Waals surface area contributed by atoms with Crippen molar-refractivity contribution in [3.63, 3.8) is 0 Å². The summed E-state index contributed by atoms with van der Waals surface area (Å²) in [6.07, 6.45) is 0. The molecule has 8 heavy (non-hydrogen) atoms. The first-order valence-corrected chi connectivity index (χ1v) is 3.04. The van der Waals surface area contributed by atoms with E-state index in [-0.39, 0.29) is 6.61 Å². The molecule has 0 fully saturated rings. The first-order chi connectivity index (χ1) is 3.77. The average Bonchev–Trinajstić information content (AvgIpc) is 1.72. The summed E-state index contributed by atoms with van der Waals surface area (Å²) in [5.41, 5.74) is 0. The van der Waals surface area contributed by atoms with Gasteiger partial charge in [-0.3, -0.25) is 8.74 Å². The van der Waals surface area contributed by atoms with E-state index in [0.29, 0.717) is 0 Å². The van der Waals surface area contributed by atoms with E-state index < -0.39 is 11.4 Å². The Labute approximate surface area is 51.9 Å². The standard InChI is InChI=1S/C2H6O3S.C2H4/c1-2-5-6(3)4;1-2/h2H2,1H3,(H,3,4);1-2H2. The molecule has 0 aromatic heterocycles. The molecule has 0 aliphatic rings. The highest BCUT2D eigenvalue weighted by molar-refractivity contribution is 7.74. The third-order valence-electron chi connectivity index (χ3n) is 0.219. The van der Waals surface area contributed by atoms with E-state index >= 15 is 0 Å². The molecule has 0 heterocycles. The molecule has 3 nitrogen and oxygen atoms in total. The average molecular weight is 138 g/mol. The maximum atomic E-state index is 9.49. The molecule has 0 aromatic rings. The van der Waals surface area contributed by atoms with Gasteiger partial charge in [-0.1, -0.05) is 0 Å². The molecule has 1 unspecified atom stereocenters. The summed E-state index contributed by atoms with van der Waals surface area (Å²) < 4.78 is 21.4. The number of rotatable bonds is 2. The van der Waals surface area contributed by atoms with Crippen LogP contribution in [-0.4, -0.2) is 15.4 Å². The largest absolute Gasteiger partial charge is 0.301 e. The SMILES string of the molecule is C=C.CCOS(=O)O. The van der Waals surface area contributed by atoms with Gasteiger partial charge in [-0.2, -0.15) is 4.21 Å². The Hall–Kier alpha value is -0.190. The molecular formula is C4H10O3S. The summed E-state index contributed by atoms with van der Waals surface area (Å²) in [7, 11) is 0. The Morgan fingerprint density at radius 2 is 2.12 bits per heavy atom. The van der Waals surface area contributed by atoms with Crippen LogP contribution in [0.3, 0.4) is 0 Å². The van der Waals surface area contributed by atoms with Gasteiger partial charge in [0.25, 0.3) is 0 Å². The first-order valence-electron chi connectivity index (χ1n) is 2.01. The molecule has 0 rings (SSSR count). The van der Waals surface area contributed by atoms with Crippen molar-refractivity contribution in [2.75, 3.05) is 6.61 Å². The summed E-state index contributed by atoms with van der Waals surface area (Å²) in [4.78, 5) is 0. The number of hydrogen-bond acceptors (Lipinski definition) is 2. The van der Waals surface area contributed by atoms with Crippen molar-refractivity contribution in [2.45, 2.75) is 6.92 Å². The van der Waals surface area contributed by atoms with Crippen LogP contribution < -0.4 is 0 Å². The van der Waals surface area contributed by atoms with Crippen molar-refractivity contribution in [1.29, 1.82) is 0 Å². The summed E-state index contributed by atoms with van der Waals surface area (Å²) in [6, 6.07) is 0. The van der Waals surface area contributed by atoms with Gasteiger partial charge in [-0.15, -0.1) is 13.2 Å². The van der Waals surface area contributed by atoms with Gasteiger partial charge in [0.05, 0.1) is 6.61 Å². The van der Waals surface area contributed by atoms with Gasteiger partial charge in [0.15, 0.2) is 0 Å². The predicted molar refractivity (Wildman–Crippen MR) is 33.7 cm³/mol.